The zero-order valence-corrected chi connectivity index (χ0v) is 24.3. The molecule has 13 aromatic rings. The molecule has 0 radical (unpaired) electrons. The maximum Gasteiger partial charge on any atom is 0.145 e. The fourth-order valence-electron chi connectivity index (χ4n) is 8.98. The predicted molar refractivity (Wildman–Crippen MR) is 190 cm³/mol. The highest BCUT2D eigenvalue weighted by Crippen LogP contribution is 2.47. The first-order valence-corrected chi connectivity index (χ1v) is 15.8. The Balaban J connectivity index is 1.23. The number of nitrogens with zero attached hydrogens (tertiary/aromatic N) is 2. The summed E-state index contributed by atoms with van der Waals surface area (Å²) in [6.45, 7) is 0. The number of fused-ring (bicyclic) bond motifs is 20. The van der Waals surface area contributed by atoms with Gasteiger partial charge in [0.05, 0.1) is 43.9 Å². The van der Waals surface area contributed by atoms with E-state index in [1.165, 1.54) is 87.0 Å². The molecule has 0 aliphatic heterocycles. The van der Waals surface area contributed by atoms with Crippen molar-refractivity contribution in [3.63, 3.8) is 0 Å². The number of hydrogen-bond acceptors (Lipinski definition) is 2. The first kappa shape index (κ1) is 22.3. The molecule has 0 unspecified atom stereocenters. The largest absolute Gasteiger partial charge is 0.455 e. The van der Waals surface area contributed by atoms with E-state index in [1.807, 2.05) is 12.1 Å². The van der Waals surface area contributed by atoms with Gasteiger partial charge in [-0.15, -0.1) is 0 Å². The molecule has 0 aliphatic carbocycles. The number of hydrogen-bond donors (Lipinski definition) is 0. The van der Waals surface area contributed by atoms with Crippen molar-refractivity contribution in [2.75, 3.05) is 0 Å². The number of furan rings is 2. The van der Waals surface area contributed by atoms with Crippen LogP contribution in [0.1, 0.15) is 0 Å². The summed E-state index contributed by atoms with van der Waals surface area (Å²) in [7, 11) is 0. The second kappa shape index (κ2) is 7.17. The van der Waals surface area contributed by atoms with Crippen LogP contribution in [-0.2, 0) is 0 Å². The Bertz CT molecular complexity index is 3240. The van der Waals surface area contributed by atoms with Gasteiger partial charge in [-0.05, 0) is 48.5 Å². The first-order chi connectivity index (χ1) is 22.8. The zero-order chi connectivity index (χ0) is 29.4. The molecule has 46 heavy (non-hydrogen) atoms. The minimum atomic E-state index is 0.930. The molecule has 0 bridgehead atoms. The van der Waals surface area contributed by atoms with E-state index < -0.39 is 0 Å². The average molecular weight is 585 g/mol. The van der Waals surface area contributed by atoms with E-state index in [1.54, 1.807) is 0 Å². The van der Waals surface area contributed by atoms with E-state index in [9.17, 15) is 0 Å². The van der Waals surface area contributed by atoms with Gasteiger partial charge in [-0.3, -0.25) is 0 Å². The normalized spacial score (nSPS) is 13.2. The molecule has 0 spiro atoms. The maximum absolute atomic E-state index is 6.55. The number of para-hydroxylation sites is 4. The Morgan fingerprint density at radius 1 is 0.326 bits per heavy atom. The molecule has 0 aliphatic rings. The minimum absolute atomic E-state index is 0.930. The summed E-state index contributed by atoms with van der Waals surface area (Å²) in [5.41, 5.74) is 11.1. The van der Waals surface area contributed by atoms with Gasteiger partial charge in [0.2, 0.25) is 0 Å². The molecule has 6 heterocycles. The van der Waals surface area contributed by atoms with Gasteiger partial charge < -0.3 is 17.6 Å². The fourth-order valence-corrected chi connectivity index (χ4v) is 8.98. The van der Waals surface area contributed by atoms with Gasteiger partial charge in [0.15, 0.2) is 0 Å². The van der Waals surface area contributed by atoms with Crippen LogP contribution in [-0.4, -0.2) is 8.80 Å². The number of aromatic nitrogens is 2. The lowest BCUT2D eigenvalue weighted by Gasteiger charge is -2.02. The Morgan fingerprint density at radius 2 is 0.761 bits per heavy atom. The summed E-state index contributed by atoms with van der Waals surface area (Å²) in [5.74, 6) is 0. The van der Waals surface area contributed by atoms with E-state index in [0.717, 1.165) is 33.1 Å². The van der Waals surface area contributed by atoms with Crippen LogP contribution in [0.25, 0.3) is 120 Å². The molecule has 0 fully saturated rings. The van der Waals surface area contributed by atoms with Crippen LogP contribution < -0.4 is 0 Å². The molecule has 0 saturated carbocycles. The lowest BCUT2D eigenvalue weighted by molar-refractivity contribution is 0.672. The second-order valence-corrected chi connectivity index (χ2v) is 12.8. The summed E-state index contributed by atoms with van der Waals surface area (Å²) < 4.78 is 18.0. The molecule has 210 valence electrons. The number of rotatable bonds is 0. The summed E-state index contributed by atoms with van der Waals surface area (Å²) in [6.07, 6.45) is 0. The molecule has 0 N–H and O–H groups in total. The third kappa shape index (κ3) is 2.27. The van der Waals surface area contributed by atoms with Crippen molar-refractivity contribution in [2.24, 2.45) is 0 Å². The van der Waals surface area contributed by atoms with Crippen molar-refractivity contribution in [2.45, 2.75) is 0 Å². The quantitative estimate of drug-likeness (QED) is 0.178. The zero-order valence-electron chi connectivity index (χ0n) is 24.3. The molecule has 4 heteroatoms. The van der Waals surface area contributed by atoms with Crippen molar-refractivity contribution >= 4 is 120 Å². The van der Waals surface area contributed by atoms with Gasteiger partial charge in [-0.1, -0.05) is 72.8 Å². The first-order valence-electron chi connectivity index (χ1n) is 15.8. The molecular weight excluding hydrogens is 564 g/mol. The second-order valence-electron chi connectivity index (χ2n) is 12.8. The van der Waals surface area contributed by atoms with E-state index in [4.69, 9.17) is 8.83 Å². The van der Waals surface area contributed by atoms with Crippen LogP contribution >= 0.6 is 0 Å². The van der Waals surface area contributed by atoms with E-state index >= 15 is 0 Å². The molecule has 0 atom stereocenters. The predicted octanol–water partition coefficient (Wildman–Crippen LogP) is 11.8. The van der Waals surface area contributed by atoms with Gasteiger partial charge in [0.1, 0.15) is 22.3 Å². The summed E-state index contributed by atoms with van der Waals surface area (Å²) in [5, 5.41) is 14.5. The van der Waals surface area contributed by atoms with E-state index in [2.05, 4.69) is 118 Å². The molecule has 0 amide bonds. The maximum atomic E-state index is 6.55. The smallest absolute Gasteiger partial charge is 0.145 e. The van der Waals surface area contributed by atoms with Crippen molar-refractivity contribution < 1.29 is 8.83 Å². The molecule has 7 aromatic carbocycles. The highest BCUT2D eigenvalue weighted by molar-refractivity contribution is 6.33. The SMILES string of the molecule is c1ccc2c(c1)oc1c2ccc2c1c1cccc3c4cc5c(cc4n2c31)c1cccc2c3c4oc6ccccc6c4ccc3n5c12. The summed E-state index contributed by atoms with van der Waals surface area (Å²) >= 11 is 0. The lowest BCUT2D eigenvalue weighted by atomic mass is 10.0. The molecule has 0 saturated heterocycles. The van der Waals surface area contributed by atoms with Gasteiger partial charge in [0.25, 0.3) is 0 Å². The van der Waals surface area contributed by atoms with Crippen LogP contribution in [0.2, 0.25) is 0 Å². The van der Waals surface area contributed by atoms with Crippen LogP contribution in [0.4, 0.5) is 0 Å². The molecule has 6 aromatic heterocycles. The summed E-state index contributed by atoms with van der Waals surface area (Å²) in [4.78, 5) is 0. The Labute approximate surface area is 258 Å². The third-order valence-corrected chi connectivity index (χ3v) is 10.8. The van der Waals surface area contributed by atoms with Gasteiger partial charge in [-0.25, -0.2) is 0 Å². The molecular formula is C42H20N2O2. The van der Waals surface area contributed by atoms with Crippen LogP contribution in [0, 0.1) is 0 Å². The Hall–Kier alpha value is -6.26. The number of benzene rings is 7. The van der Waals surface area contributed by atoms with Crippen molar-refractivity contribution in [3.05, 3.63) is 121 Å². The Morgan fingerprint density at radius 3 is 1.26 bits per heavy atom. The van der Waals surface area contributed by atoms with Crippen LogP contribution in [0.3, 0.4) is 0 Å². The molecule has 4 nitrogen and oxygen atoms in total. The van der Waals surface area contributed by atoms with Crippen molar-refractivity contribution in [3.8, 4) is 0 Å². The van der Waals surface area contributed by atoms with Gasteiger partial charge >= 0.3 is 0 Å². The molecule has 13 rings (SSSR count). The fraction of sp³-hybridized carbons (Fsp3) is 0. The highest BCUT2D eigenvalue weighted by Gasteiger charge is 2.25. The van der Waals surface area contributed by atoms with Crippen molar-refractivity contribution in [1.29, 1.82) is 0 Å². The average Bonchev–Trinajstić information content (AvgIpc) is 3.92. The van der Waals surface area contributed by atoms with E-state index in [-0.39, 0.29) is 0 Å². The van der Waals surface area contributed by atoms with E-state index in [0.29, 0.717) is 0 Å². The topological polar surface area (TPSA) is 35.1 Å². The highest BCUT2D eigenvalue weighted by atomic mass is 16.3. The van der Waals surface area contributed by atoms with Crippen molar-refractivity contribution in [1.82, 2.24) is 8.80 Å². The monoisotopic (exact) mass is 584 g/mol. The van der Waals surface area contributed by atoms with Gasteiger partial charge in [0, 0.05) is 53.9 Å². The Kier molecular flexibility index (Phi) is 3.47. The lowest BCUT2D eigenvalue weighted by Crippen LogP contribution is -1.83. The van der Waals surface area contributed by atoms with Gasteiger partial charge in [-0.2, -0.15) is 0 Å². The summed E-state index contributed by atoms with van der Waals surface area (Å²) in [6, 6.07) is 44.0. The van der Waals surface area contributed by atoms with Crippen LogP contribution in [0.5, 0.6) is 0 Å². The van der Waals surface area contributed by atoms with Crippen LogP contribution in [0.15, 0.2) is 130 Å². The minimum Gasteiger partial charge on any atom is -0.455 e. The third-order valence-electron chi connectivity index (χ3n) is 10.8. The standard InChI is InChI=1S/C42H20N2O2/c1-3-13-35-21(7-1)25-15-17-31-37(41(25)45-35)27-11-5-9-23-29-20-34-30(19-33(29)43(31)39(23)27)24-10-6-12-28-38-32(44(34)40(24)28)18-16-26-22-8-2-4-14-36(22)46-42(26)38/h1-20H.